The minimum Gasteiger partial charge on any atom is -0.494 e. The van der Waals surface area contributed by atoms with Crippen molar-refractivity contribution < 1.29 is 9.53 Å². The average molecular weight is 499 g/mol. The van der Waals surface area contributed by atoms with E-state index in [-0.39, 0.29) is 11.3 Å². The summed E-state index contributed by atoms with van der Waals surface area (Å²) >= 11 is 1.49. The monoisotopic (exact) mass is 498 g/mol. The summed E-state index contributed by atoms with van der Waals surface area (Å²) in [5.41, 5.74) is 4.37. The van der Waals surface area contributed by atoms with Crippen molar-refractivity contribution in [2.75, 3.05) is 6.61 Å². The van der Waals surface area contributed by atoms with E-state index in [1.54, 1.807) is 17.6 Å². The lowest BCUT2D eigenvalue weighted by Crippen LogP contribution is -2.24. The van der Waals surface area contributed by atoms with Crippen LogP contribution in [0.2, 0.25) is 0 Å². The van der Waals surface area contributed by atoms with Crippen molar-refractivity contribution in [1.82, 2.24) is 19.2 Å². The molecular formula is C28H26N4O3S. The van der Waals surface area contributed by atoms with Crippen LogP contribution < -0.4 is 10.3 Å². The molecule has 0 aliphatic carbocycles. The number of hydrogen-bond acceptors (Lipinski definition) is 6. The molecule has 8 heteroatoms. The standard InChI is InChI=1S/C28H26N4O3S/c1-4-35-25-14-13-21(19(3)33)15-22(25)17-36-28-30-29-27-31(16-20-11-9-18(2)10-12-20)26(34)23-7-5-6-8-24(23)32(27)28/h5-15H,4,16-17H2,1-3H3. The van der Waals surface area contributed by atoms with Gasteiger partial charge in [0.25, 0.3) is 5.56 Å². The Morgan fingerprint density at radius 2 is 1.81 bits per heavy atom. The first kappa shape index (κ1) is 23.8. The Labute approximate surface area is 212 Å². The maximum Gasteiger partial charge on any atom is 0.263 e. The van der Waals surface area contributed by atoms with Gasteiger partial charge < -0.3 is 4.74 Å². The van der Waals surface area contributed by atoms with Crippen molar-refractivity contribution in [3.63, 3.8) is 0 Å². The van der Waals surface area contributed by atoms with Gasteiger partial charge in [-0.2, -0.15) is 0 Å². The SMILES string of the molecule is CCOc1ccc(C(C)=O)cc1CSc1nnc2n(Cc3ccc(C)cc3)c(=O)c3ccccc3n12. The molecule has 5 aromatic rings. The molecule has 0 aliphatic rings. The smallest absolute Gasteiger partial charge is 0.263 e. The Bertz CT molecular complexity index is 1640. The van der Waals surface area contributed by atoms with Gasteiger partial charge in [-0.3, -0.25) is 18.6 Å². The molecule has 182 valence electrons. The van der Waals surface area contributed by atoms with Crippen molar-refractivity contribution >= 4 is 34.2 Å². The van der Waals surface area contributed by atoms with Crippen molar-refractivity contribution in [1.29, 1.82) is 0 Å². The van der Waals surface area contributed by atoms with E-state index in [9.17, 15) is 9.59 Å². The first-order valence-corrected chi connectivity index (χ1v) is 12.8. The van der Waals surface area contributed by atoms with Crippen LogP contribution in [0, 0.1) is 6.92 Å². The third kappa shape index (κ3) is 4.52. The van der Waals surface area contributed by atoms with Crippen LogP contribution in [-0.2, 0) is 12.3 Å². The summed E-state index contributed by atoms with van der Waals surface area (Å²) < 4.78 is 9.40. The van der Waals surface area contributed by atoms with Gasteiger partial charge in [-0.25, -0.2) is 0 Å². The Balaban J connectivity index is 1.59. The van der Waals surface area contributed by atoms with Gasteiger partial charge in [-0.05, 0) is 56.7 Å². The summed E-state index contributed by atoms with van der Waals surface area (Å²) in [6.45, 7) is 6.45. The van der Waals surface area contributed by atoms with Gasteiger partial charge in [0.15, 0.2) is 10.9 Å². The van der Waals surface area contributed by atoms with Crippen molar-refractivity contribution in [2.24, 2.45) is 0 Å². The third-order valence-electron chi connectivity index (χ3n) is 6.06. The molecule has 0 radical (unpaired) electrons. The lowest BCUT2D eigenvalue weighted by atomic mass is 10.1. The maximum absolute atomic E-state index is 13.4. The summed E-state index contributed by atoms with van der Waals surface area (Å²) in [4.78, 5) is 25.4. The lowest BCUT2D eigenvalue weighted by Gasteiger charge is -2.13. The number of ether oxygens (including phenoxy) is 1. The lowest BCUT2D eigenvalue weighted by molar-refractivity contribution is 0.101. The van der Waals surface area contributed by atoms with Gasteiger partial charge in [0.1, 0.15) is 5.75 Å². The van der Waals surface area contributed by atoms with Crippen molar-refractivity contribution in [2.45, 2.75) is 38.2 Å². The van der Waals surface area contributed by atoms with Gasteiger partial charge in [0, 0.05) is 16.9 Å². The number of Topliss-reactive ketones (excluding diaryl/α,β-unsaturated/α-hetero) is 1. The van der Waals surface area contributed by atoms with Crippen LogP contribution in [0.1, 0.15) is 40.9 Å². The topological polar surface area (TPSA) is 78.5 Å². The molecule has 2 aromatic heterocycles. The fourth-order valence-electron chi connectivity index (χ4n) is 4.20. The molecular weight excluding hydrogens is 472 g/mol. The van der Waals surface area contributed by atoms with Crippen LogP contribution in [-0.4, -0.2) is 31.6 Å². The van der Waals surface area contributed by atoms with E-state index in [1.165, 1.54) is 11.8 Å². The highest BCUT2D eigenvalue weighted by molar-refractivity contribution is 7.98. The number of hydrogen-bond donors (Lipinski definition) is 0. The molecule has 0 spiro atoms. The molecule has 0 aliphatic heterocycles. The Kier molecular flexibility index (Phi) is 6.61. The number of benzene rings is 3. The number of rotatable bonds is 8. The molecule has 0 unspecified atom stereocenters. The van der Waals surface area contributed by atoms with Crippen LogP contribution in [0.25, 0.3) is 16.7 Å². The number of ketones is 1. The quantitative estimate of drug-likeness (QED) is 0.214. The van der Waals surface area contributed by atoms with Gasteiger partial charge in [0.2, 0.25) is 5.78 Å². The first-order valence-electron chi connectivity index (χ1n) is 11.8. The largest absolute Gasteiger partial charge is 0.494 e. The number of nitrogens with zero attached hydrogens (tertiary/aromatic N) is 4. The highest BCUT2D eigenvalue weighted by atomic mass is 32.2. The fraction of sp³-hybridized carbons (Fsp3) is 0.214. The van der Waals surface area contributed by atoms with Crippen molar-refractivity contribution in [3.05, 3.63) is 99.3 Å². The minimum absolute atomic E-state index is 0.00310. The zero-order valence-corrected chi connectivity index (χ0v) is 21.2. The molecule has 5 rings (SSSR count). The van der Waals surface area contributed by atoms with Gasteiger partial charge in [-0.1, -0.05) is 53.7 Å². The second-order valence-corrected chi connectivity index (χ2v) is 9.55. The Hall–Kier alpha value is -3.91. The van der Waals surface area contributed by atoms with Crippen LogP contribution in [0.15, 0.2) is 76.7 Å². The predicted molar refractivity (Wildman–Crippen MR) is 142 cm³/mol. The molecule has 7 nitrogen and oxygen atoms in total. The molecule has 0 saturated carbocycles. The Morgan fingerprint density at radius 3 is 2.56 bits per heavy atom. The molecule has 0 amide bonds. The van der Waals surface area contributed by atoms with E-state index >= 15 is 0 Å². The number of carbonyl (C=O) groups excluding carboxylic acids is 1. The van der Waals surface area contributed by atoms with Crippen LogP contribution >= 0.6 is 11.8 Å². The molecule has 0 N–H and O–H groups in total. The second kappa shape index (κ2) is 9.99. The zero-order chi connectivity index (χ0) is 25.2. The van der Waals surface area contributed by atoms with E-state index < -0.39 is 0 Å². The molecule has 36 heavy (non-hydrogen) atoms. The number of para-hydroxylation sites is 1. The predicted octanol–water partition coefficient (Wildman–Crippen LogP) is 5.29. The van der Waals surface area contributed by atoms with E-state index in [0.717, 1.165) is 28.0 Å². The minimum atomic E-state index is -0.101. The van der Waals surface area contributed by atoms with Gasteiger partial charge >= 0.3 is 0 Å². The van der Waals surface area contributed by atoms with E-state index in [4.69, 9.17) is 4.74 Å². The highest BCUT2D eigenvalue weighted by Crippen LogP contribution is 2.30. The summed E-state index contributed by atoms with van der Waals surface area (Å²) in [6.07, 6.45) is 0. The number of aromatic nitrogens is 4. The van der Waals surface area contributed by atoms with E-state index in [2.05, 4.69) is 10.2 Å². The van der Waals surface area contributed by atoms with Crippen LogP contribution in [0.4, 0.5) is 0 Å². The Morgan fingerprint density at radius 1 is 1.03 bits per heavy atom. The number of aryl methyl sites for hydroxylation is 1. The van der Waals surface area contributed by atoms with Crippen molar-refractivity contribution in [3.8, 4) is 5.75 Å². The summed E-state index contributed by atoms with van der Waals surface area (Å²) in [7, 11) is 0. The molecule has 0 atom stereocenters. The number of fused-ring (bicyclic) bond motifs is 3. The first-order chi connectivity index (χ1) is 17.5. The number of thioether (sulfide) groups is 1. The fourth-order valence-corrected chi connectivity index (χ4v) is 5.11. The molecule has 3 aromatic carbocycles. The third-order valence-corrected chi connectivity index (χ3v) is 7.04. The van der Waals surface area contributed by atoms with Crippen LogP contribution in [0.3, 0.4) is 0 Å². The highest BCUT2D eigenvalue weighted by Gasteiger charge is 2.18. The summed E-state index contributed by atoms with van der Waals surface area (Å²) in [5, 5.41) is 10.2. The zero-order valence-electron chi connectivity index (χ0n) is 20.4. The molecule has 0 fully saturated rings. The van der Waals surface area contributed by atoms with E-state index in [0.29, 0.717) is 40.8 Å². The summed E-state index contributed by atoms with van der Waals surface area (Å²) in [6, 6.07) is 21.1. The molecule has 0 bridgehead atoms. The number of carbonyl (C=O) groups is 1. The summed E-state index contributed by atoms with van der Waals surface area (Å²) in [5.74, 6) is 1.76. The normalized spacial score (nSPS) is 11.3. The van der Waals surface area contributed by atoms with Crippen LogP contribution in [0.5, 0.6) is 5.75 Å². The second-order valence-electron chi connectivity index (χ2n) is 8.61. The van der Waals surface area contributed by atoms with E-state index in [1.807, 2.05) is 78.9 Å². The molecule has 0 saturated heterocycles. The maximum atomic E-state index is 13.4. The van der Waals surface area contributed by atoms with Gasteiger partial charge in [-0.15, -0.1) is 10.2 Å². The molecule has 2 heterocycles. The average Bonchev–Trinajstić information content (AvgIpc) is 3.31. The van der Waals surface area contributed by atoms with Gasteiger partial charge in [0.05, 0.1) is 24.1 Å².